The molecule has 16 heavy (non-hydrogen) atoms. The molecule has 0 spiro atoms. The molecule has 0 saturated carbocycles. The standard InChI is InChI=1S/C10H16N2O4/c1-14-6-9(7-15-2)16-10-11-4-3-8(5-13)12-10/h3-4,9,13H,5-7H2,1-2H3. The molecule has 0 aliphatic rings. The Hall–Kier alpha value is -1.24. The number of aliphatic hydroxyl groups is 1. The number of hydrogen-bond acceptors (Lipinski definition) is 6. The molecule has 0 unspecified atom stereocenters. The van der Waals surface area contributed by atoms with E-state index in [0.29, 0.717) is 18.9 Å². The Balaban J connectivity index is 2.60. The summed E-state index contributed by atoms with van der Waals surface area (Å²) in [4.78, 5) is 7.94. The van der Waals surface area contributed by atoms with Crippen molar-refractivity contribution in [2.45, 2.75) is 12.7 Å². The van der Waals surface area contributed by atoms with Crippen LogP contribution < -0.4 is 4.74 Å². The Bertz CT molecular complexity index is 303. The number of nitrogens with zero attached hydrogens (tertiary/aromatic N) is 2. The van der Waals surface area contributed by atoms with Crippen LogP contribution >= 0.6 is 0 Å². The van der Waals surface area contributed by atoms with Crippen molar-refractivity contribution in [3.8, 4) is 6.01 Å². The van der Waals surface area contributed by atoms with Gasteiger partial charge in [0.2, 0.25) is 0 Å². The van der Waals surface area contributed by atoms with Gasteiger partial charge in [0.15, 0.2) is 0 Å². The first kappa shape index (κ1) is 12.8. The van der Waals surface area contributed by atoms with Gasteiger partial charge in [-0.2, -0.15) is 4.98 Å². The van der Waals surface area contributed by atoms with E-state index in [4.69, 9.17) is 19.3 Å². The summed E-state index contributed by atoms with van der Waals surface area (Å²) in [6, 6.07) is 1.83. The zero-order chi connectivity index (χ0) is 11.8. The van der Waals surface area contributed by atoms with Crippen LogP contribution in [0.1, 0.15) is 5.69 Å². The Morgan fingerprint density at radius 2 is 2.00 bits per heavy atom. The van der Waals surface area contributed by atoms with Crippen molar-refractivity contribution in [3.63, 3.8) is 0 Å². The summed E-state index contributed by atoms with van der Waals surface area (Å²) < 4.78 is 15.4. The Morgan fingerprint density at radius 3 is 2.56 bits per heavy atom. The molecule has 0 bridgehead atoms. The second-order valence-electron chi connectivity index (χ2n) is 3.14. The van der Waals surface area contributed by atoms with E-state index in [1.54, 1.807) is 20.3 Å². The van der Waals surface area contributed by atoms with Crippen LogP contribution in [0.15, 0.2) is 12.3 Å². The fraction of sp³-hybridized carbons (Fsp3) is 0.600. The van der Waals surface area contributed by atoms with Gasteiger partial charge in [-0.15, -0.1) is 0 Å². The van der Waals surface area contributed by atoms with Gasteiger partial charge in [0.25, 0.3) is 0 Å². The molecule has 1 heterocycles. The molecule has 0 aliphatic carbocycles. The van der Waals surface area contributed by atoms with E-state index in [1.807, 2.05) is 0 Å². The second kappa shape index (κ2) is 7.10. The fourth-order valence-corrected chi connectivity index (χ4v) is 1.16. The Kier molecular flexibility index (Phi) is 5.69. The Morgan fingerprint density at radius 1 is 1.31 bits per heavy atom. The molecule has 0 radical (unpaired) electrons. The van der Waals surface area contributed by atoms with Crippen molar-refractivity contribution in [2.75, 3.05) is 27.4 Å². The highest BCUT2D eigenvalue weighted by Crippen LogP contribution is 2.06. The maximum atomic E-state index is 8.91. The number of aliphatic hydroxyl groups excluding tert-OH is 1. The molecular formula is C10H16N2O4. The molecule has 6 nitrogen and oxygen atoms in total. The lowest BCUT2D eigenvalue weighted by Crippen LogP contribution is -2.28. The molecule has 0 fully saturated rings. The lowest BCUT2D eigenvalue weighted by Gasteiger charge is -2.15. The van der Waals surface area contributed by atoms with Gasteiger partial charge in [0, 0.05) is 20.4 Å². The number of ether oxygens (including phenoxy) is 3. The highest BCUT2D eigenvalue weighted by atomic mass is 16.6. The summed E-state index contributed by atoms with van der Waals surface area (Å²) in [6.07, 6.45) is 1.27. The fourth-order valence-electron chi connectivity index (χ4n) is 1.16. The van der Waals surface area contributed by atoms with E-state index in [-0.39, 0.29) is 18.7 Å². The third-order valence-electron chi connectivity index (χ3n) is 1.83. The first-order valence-electron chi connectivity index (χ1n) is 4.87. The Labute approximate surface area is 94.2 Å². The summed E-state index contributed by atoms with van der Waals surface area (Å²) in [5, 5.41) is 8.91. The highest BCUT2D eigenvalue weighted by molar-refractivity contribution is 5.04. The molecule has 1 aromatic heterocycles. The number of rotatable bonds is 7. The molecule has 0 amide bonds. The van der Waals surface area contributed by atoms with Crippen LogP contribution in [0.4, 0.5) is 0 Å². The maximum Gasteiger partial charge on any atom is 0.317 e. The molecule has 0 saturated heterocycles. The van der Waals surface area contributed by atoms with Crippen LogP contribution in [0.5, 0.6) is 6.01 Å². The molecule has 90 valence electrons. The van der Waals surface area contributed by atoms with Crippen molar-refractivity contribution >= 4 is 0 Å². The maximum absolute atomic E-state index is 8.91. The lowest BCUT2D eigenvalue weighted by atomic mass is 10.4. The molecule has 0 atom stereocenters. The normalized spacial score (nSPS) is 10.8. The molecular weight excluding hydrogens is 212 g/mol. The van der Waals surface area contributed by atoms with Crippen molar-refractivity contribution in [2.24, 2.45) is 0 Å². The summed E-state index contributed by atoms with van der Waals surface area (Å²) in [5.74, 6) is 0. The van der Waals surface area contributed by atoms with Crippen LogP contribution in [0, 0.1) is 0 Å². The van der Waals surface area contributed by atoms with Crippen molar-refractivity contribution in [3.05, 3.63) is 18.0 Å². The first-order chi connectivity index (χ1) is 7.80. The van der Waals surface area contributed by atoms with Gasteiger partial charge in [-0.3, -0.25) is 0 Å². The van der Waals surface area contributed by atoms with Crippen molar-refractivity contribution in [1.29, 1.82) is 0 Å². The molecule has 1 rings (SSSR count). The number of aromatic nitrogens is 2. The molecule has 1 N–H and O–H groups in total. The van der Waals surface area contributed by atoms with Crippen LogP contribution in [0.25, 0.3) is 0 Å². The monoisotopic (exact) mass is 228 g/mol. The van der Waals surface area contributed by atoms with Gasteiger partial charge in [-0.05, 0) is 6.07 Å². The smallest absolute Gasteiger partial charge is 0.317 e. The topological polar surface area (TPSA) is 73.7 Å². The SMILES string of the molecule is COCC(COC)Oc1nccc(CO)n1. The van der Waals surface area contributed by atoms with Gasteiger partial charge >= 0.3 is 6.01 Å². The summed E-state index contributed by atoms with van der Waals surface area (Å²) in [5.41, 5.74) is 0.513. The first-order valence-corrected chi connectivity index (χ1v) is 4.87. The largest absolute Gasteiger partial charge is 0.455 e. The predicted molar refractivity (Wildman–Crippen MR) is 56.1 cm³/mol. The van der Waals surface area contributed by atoms with E-state index < -0.39 is 0 Å². The summed E-state index contributed by atoms with van der Waals surface area (Å²) in [7, 11) is 3.16. The van der Waals surface area contributed by atoms with E-state index in [1.165, 1.54) is 6.20 Å². The predicted octanol–water partition coefficient (Wildman–Crippen LogP) is 0.00910. The van der Waals surface area contributed by atoms with E-state index in [9.17, 15) is 0 Å². The second-order valence-corrected chi connectivity index (χ2v) is 3.14. The van der Waals surface area contributed by atoms with Gasteiger partial charge in [-0.25, -0.2) is 4.98 Å². The van der Waals surface area contributed by atoms with Gasteiger partial charge in [0.1, 0.15) is 6.10 Å². The minimum Gasteiger partial charge on any atom is -0.455 e. The zero-order valence-electron chi connectivity index (χ0n) is 9.42. The summed E-state index contributed by atoms with van der Waals surface area (Å²) in [6.45, 7) is 0.638. The van der Waals surface area contributed by atoms with Crippen molar-refractivity contribution in [1.82, 2.24) is 9.97 Å². The molecule has 0 aliphatic heterocycles. The summed E-state index contributed by atoms with van der Waals surface area (Å²) >= 11 is 0. The minimum absolute atomic E-state index is 0.141. The average Bonchev–Trinajstić information content (AvgIpc) is 2.30. The molecule has 0 aromatic carbocycles. The highest BCUT2D eigenvalue weighted by Gasteiger charge is 2.11. The average molecular weight is 228 g/mol. The van der Waals surface area contributed by atoms with Crippen LogP contribution in [-0.2, 0) is 16.1 Å². The minimum atomic E-state index is -0.260. The number of methoxy groups -OCH3 is 2. The van der Waals surface area contributed by atoms with E-state index >= 15 is 0 Å². The third kappa shape index (κ3) is 4.09. The van der Waals surface area contributed by atoms with Crippen molar-refractivity contribution < 1.29 is 19.3 Å². The molecule has 1 aromatic rings. The quantitative estimate of drug-likeness (QED) is 0.708. The lowest BCUT2D eigenvalue weighted by molar-refractivity contribution is 0.0193. The number of hydrogen-bond donors (Lipinski definition) is 1. The third-order valence-corrected chi connectivity index (χ3v) is 1.83. The van der Waals surface area contributed by atoms with Crippen LogP contribution in [0.3, 0.4) is 0 Å². The van der Waals surface area contributed by atoms with Gasteiger partial charge < -0.3 is 19.3 Å². The van der Waals surface area contributed by atoms with Crippen LogP contribution in [-0.4, -0.2) is 48.6 Å². The van der Waals surface area contributed by atoms with Crippen LogP contribution in [0.2, 0.25) is 0 Å². The van der Waals surface area contributed by atoms with E-state index in [2.05, 4.69) is 9.97 Å². The van der Waals surface area contributed by atoms with Gasteiger partial charge in [0.05, 0.1) is 25.5 Å². The van der Waals surface area contributed by atoms with Gasteiger partial charge in [-0.1, -0.05) is 0 Å². The molecule has 6 heteroatoms. The zero-order valence-corrected chi connectivity index (χ0v) is 9.42. The van der Waals surface area contributed by atoms with E-state index in [0.717, 1.165) is 0 Å².